The van der Waals surface area contributed by atoms with Gasteiger partial charge in [0.15, 0.2) is 0 Å². The van der Waals surface area contributed by atoms with Crippen LogP contribution in [0.3, 0.4) is 0 Å². The van der Waals surface area contributed by atoms with E-state index in [0.29, 0.717) is 12.1 Å². The average molecular weight is 263 g/mol. The number of halogens is 1. The number of piperazine rings is 3. The van der Waals surface area contributed by atoms with E-state index in [1.807, 2.05) is 19.2 Å². The number of likely N-dealkylation sites (N-methyl/N-ethyl adjacent to an activating group) is 1. The fourth-order valence-electron chi connectivity index (χ4n) is 3.34. The lowest BCUT2D eigenvalue weighted by atomic mass is 9.94. The van der Waals surface area contributed by atoms with Gasteiger partial charge in [0.05, 0.1) is 0 Å². The van der Waals surface area contributed by atoms with Gasteiger partial charge in [0, 0.05) is 44.8 Å². The lowest BCUT2D eigenvalue weighted by Crippen LogP contribution is -2.66. The molecule has 1 N–H and O–H groups in total. The lowest BCUT2D eigenvalue weighted by Gasteiger charge is -2.50. The number of fused-ring (bicyclic) bond motifs is 3. The molecule has 0 saturated carbocycles. The highest BCUT2D eigenvalue weighted by Gasteiger charge is 2.35. The van der Waals surface area contributed by atoms with Crippen LogP contribution in [0.25, 0.3) is 0 Å². The molecule has 0 amide bonds. The Morgan fingerprint density at radius 2 is 1.89 bits per heavy atom. The molecule has 3 heterocycles. The Morgan fingerprint density at radius 1 is 1.21 bits per heavy atom. The zero-order valence-corrected chi connectivity index (χ0v) is 11.5. The number of benzene rings is 1. The van der Waals surface area contributed by atoms with E-state index in [0.717, 1.165) is 13.0 Å². The third kappa shape index (κ3) is 2.81. The lowest BCUT2D eigenvalue weighted by molar-refractivity contribution is -0.00202. The van der Waals surface area contributed by atoms with Crippen LogP contribution in [0.5, 0.6) is 0 Å². The molecule has 3 saturated heterocycles. The Balaban J connectivity index is 1.68. The molecule has 2 atom stereocenters. The Bertz CT molecular complexity index is 412. The molecule has 3 fully saturated rings. The van der Waals surface area contributed by atoms with E-state index >= 15 is 0 Å². The summed E-state index contributed by atoms with van der Waals surface area (Å²) < 4.78 is 13.0. The van der Waals surface area contributed by atoms with Gasteiger partial charge in [-0.15, -0.1) is 0 Å². The van der Waals surface area contributed by atoms with Crippen LogP contribution in [-0.2, 0) is 6.42 Å². The highest BCUT2D eigenvalue weighted by molar-refractivity contribution is 5.18. The molecule has 3 nitrogen and oxygen atoms in total. The van der Waals surface area contributed by atoms with Crippen molar-refractivity contribution in [1.82, 2.24) is 15.1 Å². The minimum Gasteiger partial charge on any atom is -0.315 e. The van der Waals surface area contributed by atoms with E-state index in [4.69, 9.17) is 0 Å². The first kappa shape index (κ1) is 13.0. The van der Waals surface area contributed by atoms with Gasteiger partial charge in [-0.2, -0.15) is 0 Å². The molecule has 0 aliphatic carbocycles. The normalized spacial score (nSPS) is 31.4. The number of hydrogen-bond donors (Lipinski definition) is 1. The van der Waals surface area contributed by atoms with Crippen molar-refractivity contribution in [2.24, 2.45) is 0 Å². The molecule has 4 rings (SSSR count). The molecule has 0 spiro atoms. The van der Waals surface area contributed by atoms with Crippen molar-refractivity contribution in [2.75, 3.05) is 39.8 Å². The summed E-state index contributed by atoms with van der Waals surface area (Å²) in [5.41, 5.74) is 1.21. The summed E-state index contributed by atoms with van der Waals surface area (Å²) in [6.07, 6.45) is 0.964. The van der Waals surface area contributed by atoms with Crippen molar-refractivity contribution in [3.63, 3.8) is 0 Å². The molecule has 2 bridgehead atoms. The Morgan fingerprint density at radius 3 is 2.42 bits per heavy atom. The number of rotatable bonds is 4. The first-order valence-electron chi connectivity index (χ1n) is 7.14. The summed E-state index contributed by atoms with van der Waals surface area (Å²) in [5, 5.41) is 3.46. The summed E-state index contributed by atoms with van der Waals surface area (Å²) in [7, 11) is 2.03. The number of hydrogen-bond acceptors (Lipinski definition) is 3. The third-order valence-corrected chi connectivity index (χ3v) is 4.53. The van der Waals surface area contributed by atoms with Crippen LogP contribution in [0.4, 0.5) is 4.39 Å². The van der Waals surface area contributed by atoms with E-state index < -0.39 is 0 Å². The maximum absolute atomic E-state index is 13.0. The summed E-state index contributed by atoms with van der Waals surface area (Å²) in [6.45, 7) is 5.96. The molecule has 0 radical (unpaired) electrons. The first-order valence-corrected chi connectivity index (χ1v) is 7.14. The minimum atomic E-state index is -0.156. The van der Waals surface area contributed by atoms with Crippen LogP contribution in [0.1, 0.15) is 5.56 Å². The molecule has 4 heteroatoms. The molecular formula is C15H22FN3. The van der Waals surface area contributed by atoms with Crippen LogP contribution in [-0.4, -0.2) is 61.7 Å². The summed E-state index contributed by atoms with van der Waals surface area (Å²) in [4.78, 5) is 5.16. The van der Waals surface area contributed by atoms with Gasteiger partial charge < -0.3 is 5.32 Å². The highest BCUT2D eigenvalue weighted by Crippen LogP contribution is 2.20. The number of nitrogens with one attached hydrogen (secondary N) is 1. The monoisotopic (exact) mass is 263 g/mol. The van der Waals surface area contributed by atoms with Crippen molar-refractivity contribution in [3.05, 3.63) is 35.6 Å². The van der Waals surface area contributed by atoms with Gasteiger partial charge in [0.2, 0.25) is 0 Å². The van der Waals surface area contributed by atoms with Crippen LogP contribution in [0.15, 0.2) is 24.3 Å². The fourth-order valence-corrected chi connectivity index (χ4v) is 3.34. The molecule has 1 aromatic carbocycles. The van der Waals surface area contributed by atoms with Gasteiger partial charge in [-0.25, -0.2) is 4.39 Å². The van der Waals surface area contributed by atoms with Crippen molar-refractivity contribution in [2.45, 2.75) is 18.5 Å². The summed E-state index contributed by atoms with van der Waals surface area (Å²) in [5.74, 6) is -0.156. The second kappa shape index (κ2) is 5.57. The van der Waals surface area contributed by atoms with E-state index in [9.17, 15) is 4.39 Å². The molecule has 104 valence electrons. The average Bonchev–Trinajstić information content (AvgIpc) is 2.48. The topological polar surface area (TPSA) is 18.5 Å². The van der Waals surface area contributed by atoms with Crippen molar-refractivity contribution in [3.8, 4) is 0 Å². The van der Waals surface area contributed by atoms with E-state index in [-0.39, 0.29) is 5.82 Å². The van der Waals surface area contributed by atoms with Gasteiger partial charge in [0.1, 0.15) is 5.82 Å². The summed E-state index contributed by atoms with van der Waals surface area (Å²) >= 11 is 0. The van der Waals surface area contributed by atoms with Crippen LogP contribution in [0.2, 0.25) is 0 Å². The van der Waals surface area contributed by atoms with Crippen molar-refractivity contribution < 1.29 is 4.39 Å². The standard InChI is InChI=1S/C15H22FN3/c1-17-14(10-12-2-4-13(16)5-3-12)15-11-18-6-8-19(15)9-7-18/h2-5,14-15,17H,6-11H2,1H3. The highest BCUT2D eigenvalue weighted by atomic mass is 19.1. The number of nitrogens with zero attached hydrogens (tertiary/aromatic N) is 2. The van der Waals surface area contributed by atoms with E-state index in [1.54, 1.807) is 12.1 Å². The predicted molar refractivity (Wildman–Crippen MR) is 74.8 cm³/mol. The zero-order valence-electron chi connectivity index (χ0n) is 11.5. The molecule has 19 heavy (non-hydrogen) atoms. The molecule has 3 aliphatic rings. The predicted octanol–water partition coefficient (Wildman–Crippen LogP) is 0.956. The van der Waals surface area contributed by atoms with Gasteiger partial charge >= 0.3 is 0 Å². The zero-order chi connectivity index (χ0) is 13.2. The maximum atomic E-state index is 13.0. The third-order valence-electron chi connectivity index (χ3n) is 4.53. The van der Waals surface area contributed by atoms with Crippen LogP contribution < -0.4 is 5.32 Å². The smallest absolute Gasteiger partial charge is 0.123 e. The quantitative estimate of drug-likeness (QED) is 0.873. The van der Waals surface area contributed by atoms with E-state index in [2.05, 4.69) is 15.1 Å². The maximum Gasteiger partial charge on any atom is 0.123 e. The van der Waals surface area contributed by atoms with Gasteiger partial charge in [-0.1, -0.05) is 12.1 Å². The van der Waals surface area contributed by atoms with E-state index in [1.165, 1.54) is 31.7 Å². The molecular weight excluding hydrogens is 241 g/mol. The van der Waals surface area contributed by atoms with Crippen molar-refractivity contribution >= 4 is 0 Å². The van der Waals surface area contributed by atoms with Crippen LogP contribution >= 0.6 is 0 Å². The first-order chi connectivity index (χ1) is 9.26. The second-order valence-corrected chi connectivity index (χ2v) is 5.63. The molecule has 1 aromatic rings. The summed E-state index contributed by atoms with van der Waals surface area (Å²) in [6, 6.07) is 7.93. The second-order valence-electron chi connectivity index (χ2n) is 5.63. The van der Waals surface area contributed by atoms with Gasteiger partial charge in [0.25, 0.3) is 0 Å². The molecule has 3 aliphatic heterocycles. The minimum absolute atomic E-state index is 0.156. The SMILES string of the molecule is CNC(Cc1ccc(F)cc1)C1CN2CCN1CC2. The Hall–Kier alpha value is -0.970. The fraction of sp³-hybridized carbons (Fsp3) is 0.600. The Labute approximate surface area is 114 Å². The van der Waals surface area contributed by atoms with Gasteiger partial charge in [-0.05, 0) is 31.2 Å². The van der Waals surface area contributed by atoms with Gasteiger partial charge in [-0.3, -0.25) is 9.80 Å². The Kier molecular flexibility index (Phi) is 3.82. The largest absolute Gasteiger partial charge is 0.315 e. The van der Waals surface area contributed by atoms with Crippen LogP contribution in [0, 0.1) is 5.82 Å². The molecule has 2 unspecified atom stereocenters. The van der Waals surface area contributed by atoms with Crippen molar-refractivity contribution in [1.29, 1.82) is 0 Å². The molecule has 0 aromatic heterocycles.